The van der Waals surface area contributed by atoms with Crippen LogP contribution in [-0.2, 0) is 5.41 Å². The van der Waals surface area contributed by atoms with Crippen LogP contribution in [0.4, 0.5) is 0 Å². The van der Waals surface area contributed by atoms with E-state index in [1.807, 2.05) is 0 Å². The van der Waals surface area contributed by atoms with Crippen LogP contribution in [0.1, 0.15) is 28.6 Å². The fourth-order valence-electron chi connectivity index (χ4n) is 2.53. The minimum atomic E-state index is -0.127. The molecule has 2 atom stereocenters. The summed E-state index contributed by atoms with van der Waals surface area (Å²) in [4.78, 5) is 17.4. The van der Waals surface area contributed by atoms with Gasteiger partial charge in [-0.25, -0.2) is 0 Å². The maximum atomic E-state index is 12.1. The molecule has 0 spiro atoms. The molecule has 5 heteroatoms. The molecule has 1 amide bonds. The van der Waals surface area contributed by atoms with Crippen LogP contribution in [0.25, 0.3) is 0 Å². The summed E-state index contributed by atoms with van der Waals surface area (Å²) in [6.45, 7) is 2.95. The highest BCUT2D eigenvalue weighted by molar-refractivity contribution is 7.10. The molecule has 2 aromatic heterocycles. The standard InChI is InChI=1S/C15H15ClN2OS/c1-15(13-3-2-6-20-13)7-10(15)8-18-14(19)11-4-5-17-9-12(11)16/h2-6,9-10H,7-8H2,1H3,(H,18,19)/t10-,15+/m0/s1. The Kier molecular flexibility index (Phi) is 3.52. The van der Waals surface area contributed by atoms with Crippen molar-refractivity contribution in [1.82, 2.24) is 10.3 Å². The number of pyridine rings is 1. The van der Waals surface area contributed by atoms with Gasteiger partial charge in [0.15, 0.2) is 0 Å². The summed E-state index contributed by atoms with van der Waals surface area (Å²) in [6.07, 6.45) is 4.19. The minimum Gasteiger partial charge on any atom is -0.352 e. The first-order valence-electron chi connectivity index (χ1n) is 6.53. The van der Waals surface area contributed by atoms with Crippen molar-refractivity contribution < 1.29 is 4.79 Å². The quantitative estimate of drug-likeness (QED) is 0.939. The van der Waals surface area contributed by atoms with Crippen molar-refractivity contribution >= 4 is 28.8 Å². The summed E-state index contributed by atoms with van der Waals surface area (Å²) in [5.41, 5.74) is 0.712. The van der Waals surface area contributed by atoms with E-state index in [0.717, 1.165) is 6.42 Å². The van der Waals surface area contributed by atoms with E-state index in [4.69, 9.17) is 11.6 Å². The highest BCUT2D eigenvalue weighted by Crippen LogP contribution is 2.54. The third-order valence-corrected chi connectivity index (χ3v) is 5.47. The Labute approximate surface area is 127 Å². The van der Waals surface area contributed by atoms with Crippen molar-refractivity contribution in [2.24, 2.45) is 5.92 Å². The third-order valence-electron chi connectivity index (χ3n) is 4.02. The van der Waals surface area contributed by atoms with Crippen LogP contribution in [0.3, 0.4) is 0 Å². The van der Waals surface area contributed by atoms with Gasteiger partial charge in [-0.15, -0.1) is 11.3 Å². The number of aromatic nitrogens is 1. The first-order chi connectivity index (χ1) is 9.61. The van der Waals surface area contributed by atoms with Crippen molar-refractivity contribution in [3.63, 3.8) is 0 Å². The summed E-state index contributed by atoms with van der Waals surface area (Å²) in [5, 5.41) is 5.47. The second-order valence-electron chi connectivity index (χ2n) is 5.36. The van der Waals surface area contributed by atoms with Gasteiger partial charge in [0, 0.05) is 29.2 Å². The number of carbonyl (C=O) groups excluding carboxylic acids is 1. The van der Waals surface area contributed by atoms with Crippen LogP contribution < -0.4 is 5.32 Å². The number of halogens is 1. The van der Waals surface area contributed by atoms with Crippen molar-refractivity contribution in [1.29, 1.82) is 0 Å². The summed E-state index contributed by atoms with van der Waals surface area (Å²) < 4.78 is 0. The third kappa shape index (κ3) is 2.45. The number of amides is 1. The number of rotatable bonds is 4. The van der Waals surface area contributed by atoms with E-state index >= 15 is 0 Å². The molecule has 0 aliphatic heterocycles. The number of hydrogen-bond donors (Lipinski definition) is 1. The van der Waals surface area contributed by atoms with Crippen molar-refractivity contribution in [2.75, 3.05) is 6.54 Å². The van der Waals surface area contributed by atoms with Crippen LogP contribution in [0.15, 0.2) is 36.0 Å². The molecule has 0 saturated heterocycles. The lowest BCUT2D eigenvalue weighted by Gasteiger charge is -2.10. The van der Waals surface area contributed by atoms with E-state index in [1.165, 1.54) is 11.1 Å². The molecular weight excluding hydrogens is 292 g/mol. The zero-order chi connectivity index (χ0) is 14.2. The zero-order valence-electron chi connectivity index (χ0n) is 11.1. The fourth-order valence-corrected chi connectivity index (χ4v) is 3.71. The van der Waals surface area contributed by atoms with Crippen LogP contribution >= 0.6 is 22.9 Å². The number of thiophene rings is 1. The number of nitrogens with zero attached hydrogens (tertiary/aromatic N) is 1. The largest absolute Gasteiger partial charge is 0.352 e. The Bertz CT molecular complexity index is 629. The molecule has 104 valence electrons. The Morgan fingerprint density at radius 3 is 3.15 bits per heavy atom. The average Bonchev–Trinajstić information content (AvgIpc) is 2.89. The SMILES string of the molecule is C[C@@]1(c2cccs2)C[C@H]1CNC(=O)c1ccncc1Cl. The predicted octanol–water partition coefficient (Wildman–Crippen LogP) is 3.50. The second kappa shape index (κ2) is 5.19. The van der Waals surface area contributed by atoms with Gasteiger partial charge in [0.05, 0.1) is 10.6 Å². The minimum absolute atomic E-state index is 0.127. The van der Waals surface area contributed by atoms with Crippen LogP contribution in [0.5, 0.6) is 0 Å². The molecule has 0 bridgehead atoms. The Balaban J connectivity index is 1.59. The molecule has 1 aliphatic carbocycles. The molecule has 20 heavy (non-hydrogen) atoms. The van der Waals surface area contributed by atoms with Crippen molar-refractivity contribution in [3.8, 4) is 0 Å². The van der Waals surface area contributed by atoms with Crippen LogP contribution in [0.2, 0.25) is 5.02 Å². The molecule has 0 unspecified atom stereocenters. The van der Waals surface area contributed by atoms with Crippen molar-refractivity contribution in [3.05, 3.63) is 51.4 Å². The molecule has 1 aliphatic rings. The van der Waals surface area contributed by atoms with E-state index < -0.39 is 0 Å². The average molecular weight is 307 g/mol. The number of carbonyl (C=O) groups is 1. The van der Waals surface area contributed by atoms with E-state index in [9.17, 15) is 4.79 Å². The highest BCUT2D eigenvalue weighted by Gasteiger charge is 2.51. The van der Waals surface area contributed by atoms with Crippen molar-refractivity contribution in [2.45, 2.75) is 18.8 Å². The Hall–Kier alpha value is -1.39. The second-order valence-corrected chi connectivity index (χ2v) is 6.72. The molecular formula is C15H15ClN2OS. The van der Waals surface area contributed by atoms with E-state index in [2.05, 4.69) is 34.7 Å². The van der Waals surface area contributed by atoms with Gasteiger partial charge in [0.25, 0.3) is 5.91 Å². The highest BCUT2D eigenvalue weighted by atomic mass is 35.5. The summed E-state index contributed by atoms with van der Waals surface area (Å²) >= 11 is 7.75. The lowest BCUT2D eigenvalue weighted by atomic mass is 10.0. The maximum Gasteiger partial charge on any atom is 0.252 e. The first kappa shape index (κ1) is 13.6. The predicted molar refractivity (Wildman–Crippen MR) is 81.4 cm³/mol. The smallest absolute Gasteiger partial charge is 0.252 e. The normalized spacial score (nSPS) is 24.4. The monoisotopic (exact) mass is 306 g/mol. The Morgan fingerprint density at radius 1 is 1.60 bits per heavy atom. The van der Waals surface area contributed by atoms with Gasteiger partial charge in [-0.1, -0.05) is 24.6 Å². The lowest BCUT2D eigenvalue weighted by Crippen LogP contribution is -2.27. The molecule has 1 N–H and O–H groups in total. The van der Waals surface area contributed by atoms with Gasteiger partial charge in [0.1, 0.15) is 0 Å². The molecule has 1 saturated carbocycles. The topological polar surface area (TPSA) is 42.0 Å². The van der Waals surface area contributed by atoms with E-state index in [1.54, 1.807) is 23.6 Å². The summed E-state index contributed by atoms with van der Waals surface area (Å²) in [6, 6.07) is 5.89. The van der Waals surface area contributed by atoms with Gasteiger partial charge in [0.2, 0.25) is 0 Å². The van der Waals surface area contributed by atoms with Gasteiger partial charge in [-0.05, 0) is 29.9 Å². The molecule has 1 fully saturated rings. The number of hydrogen-bond acceptors (Lipinski definition) is 3. The van der Waals surface area contributed by atoms with Gasteiger partial charge >= 0.3 is 0 Å². The summed E-state index contributed by atoms with van der Waals surface area (Å²) in [7, 11) is 0. The molecule has 0 radical (unpaired) electrons. The van der Waals surface area contributed by atoms with Crippen LogP contribution in [0, 0.1) is 5.92 Å². The molecule has 2 heterocycles. The first-order valence-corrected chi connectivity index (χ1v) is 7.79. The summed E-state index contributed by atoms with van der Waals surface area (Å²) in [5.74, 6) is 0.378. The molecule has 2 aromatic rings. The zero-order valence-corrected chi connectivity index (χ0v) is 12.7. The fraction of sp³-hybridized carbons (Fsp3) is 0.333. The van der Waals surface area contributed by atoms with Gasteiger partial charge in [-0.3, -0.25) is 9.78 Å². The lowest BCUT2D eigenvalue weighted by molar-refractivity contribution is 0.0951. The molecule has 3 nitrogen and oxygen atoms in total. The molecule has 0 aromatic carbocycles. The Morgan fingerprint density at radius 2 is 2.45 bits per heavy atom. The molecule has 3 rings (SSSR count). The van der Waals surface area contributed by atoms with E-state index in [0.29, 0.717) is 23.0 Å². The van der Waals surface area contributed by atoms with Crippen LogP contribution in [-0.4, -0.2) is 17.4 Å². The van der Waals surface area contributed by atoms with E-state index in [-0.39, 0.29) is 11.3 Å². The number of nitrogens with one attached hydrogen (secondary N) is 1. The van der Waals surface area contributed by atoms with Gasteiger partial charge < -0.3 is 5.32 Å². The maximum absolute atomic E-state index is 12.1. The van der Waals surface area contributed by atoms with Gasteiger partial charge in [-0.2, -0.15) is 0 Å².